The Morgan fingerprint density at radius 1 is 0.952 bits per heavy atom. The summed E-state index contributed by atoms with van der Waals surface area (Å²) in [5, 5.41) is 11.5. The molecule has 1 N–H and O–H groups in total. The first-order valence-electron chi connectivity index (χ1n) is 8.34. The summed E-state index contributed by atoms with van der Waals surface area (Å²) in [5.74, 6) is 0. The lowest BCUT2D eigenvalue weighted by Crippen LogP contribution is -1.99. The Balaban J connectivity index is 1.81. The van der Waals surface area contributed by atoms with Gasteiger partial charge in [0.25, 0.3) is 0 Å². The minimum atomic E-state index is -0.367. The lowest BCUT2D eigenvalue weighted by Gasteiger charge is -2.13. The van der Waals surface area contributed by atoms with Gasteiger partial charge in [-0.25, -0.2) is 0 Å². The lowest BCUT2D eigenvalue weighted by molar-refractivity contribution is 0.165. The molecular weight excluding hydrogens is 258 g/mol. The molecule has 21 heavy (non-hydrogen) atoms. The summed E-state index contributed by atoms with van der Waals surface area (Å²) in [7, 11) is 0. The number of fused-ring (bicyclic) bond motifs is 1. The number of aromatic nitrogens is 1. The average molecular weight is 285 g/mol. The van der Waals surface area contributed by atoms with E-state index < -0.39 is 0 Å². The van der Waals surface area contributed by atoms with Crippen molar-refractivity contribution in [2.75, 3.05) is 0 Å². The topological polar surface area (TPSA) is 33.1 Å². The summed E-state index contributed by atoms with van der Waals surface area (Å²) in [6.45, 7) is 2.25. The van der Waals surface area contributed by atoms with Gasteiger partial charge in [-0.15, -0.1) is 0 Å². The fraction of sp³-hybridized carbons (Fsp3) is 0.526. The van der Waals surface area contributed by atoms with Crippen molar-refractivity contribution in [1.29, 1.82) is 0 Å². The van der Waals surface area contributed by atoms with Gasteiger partial charge in [-0.3, -0.25) is 4.98 Å². The molecule has 0 bridgehead atoms. The van der Waals surface area contributed by atoms with E-state index in [1.165, 1.54) is 38.5 Å². The second-order valence-electron chi connectivity index (χ2n) is 5.84. The van der Waals surface area contributed by atoms with Crippen LogP contribution in [0, 0.1) is 0 Å². The number of nitrogens with zero attached hydrogens (tertiary/aromatic N) is 1. The van der Waals surface area contributed by atoms with Crippen molar-refractivity contribution in [3.63, 3.8) is 0 Å². The van der Waals surface area contributed by atoms with Gasteiger partial charge in [0, 0.05) is 11.6 Å². The van der Waals surface area contributed by atoms with E-state index in [2.05, 4.69) is 11.9 Å². The first-order chi connectivity index (χ1) is 10.3. The number of pyridine rings is 1. The van der Waals surface area contributed by atoms with E-state index in [-0.39, 0.29) is 6.10 Å². The lowest BCUT2D eigenvalue weighted by atomic mass is 9.98. The first-order valence-corrected chi connectivity index (χ1v) is 8.34. The summed E-state index contributed by atoms with van der Waals surface area (Å²) >= 11 is 0. The zero-order valence-electron chi connectivity index (χ0n) is 13.1. The summed E-state index contributed by atoms with van der Waals surface area (Å²) in [5.41, 5.74) is 1.99. The molecule has 0 spiro atoms. The van der Waals surface area contributed by atoms with Crippen LogP contribution in [0.5, 0.6) is 0 Å². The van der Waals surface area contributed by atoms with E-state index in [0.717, 1.165) is 29.3 Å². The van der Waals surface area contributed by atoms with Crippen LogP contribution in [0.25, 0.3) is 10.9 Å². The van der Waals surface area contributed by atoms with E-state index in [1.54, 1.807) is 6.20 Å². The Morgan fingerprint density at radius 2 is 1.71 bits per heavy atom. The van der Waals surface area contributed by atoms with Crippen molar-refractivity contribution in [2.45, 2.75) is 64.4 Å². The van der Waals surface area contributed by atoms with Crippen LogP contribution in [0.2, 0.25) is 0 Å². The second kappa shape index (κ2) is 8.78. The highest BCUT2D eigenvalue weighted by Crippen LogP contribution is 2.26. The van der Waals surface area contributed by atoms with Crippen molar-refractivity contribution in [3.8, 4) is 0 Å². The molecule has 0 aliphatic rings. The molecule has 0 amide bonds. The Kier molecular flexibility index (Phi) is 6.68. The molecule has 0 saturated carbocycles. The highest BCUT2D eigenvalue weighted by molar-refractivity contribution is 5.82. The molecule has 1 aromatic heterocycles. The summed E-state index contributed by atoms with van der Waals surface area (Å²) in [4.78, 5) is 4.35. The maximum Gasteiger partial charge on any atom is 0.0796 e. The van der Waals surface area contributed by atoms with Gasteiger partial charge >= 0.3 is 0 Å². The third-order valence-corrected chi connectivity index (χ3v) is 4.12. The van der Waals surface area contributed by atoms with Crippen LogP contribution >= 0.6 is 0 Å². The van der Waals surface area contributed by atoms with Crippen LogP contribution in [0.3, 0.4) is 0 Å². The van der Waals surface area contributed by atoms with Gasteiger partial charge in [0.1, 0.15) is 0 Å². The zero-order chi connectivity index (χ0) is 14.9. The summed E-state index contributed by atoms with van der Waals surface area (Å²) in [6, 6.07) is 9.99. The largest absolute Gasteiger partial charge is 0.388 e. The summed E-state index contributed by atoms with van der Waals surface area (Å²) in [6.07, 6.45) is 11.2. The van der Waals surface area contributed by atoms with Crippen LogP contribution in [-0.4, -0.2) is 10.1 Å². The van der Waals surface area contributed by atoms with Gasteiger partial charge in [0.15, 0.2) is 0 Å². The first kappa shape index (κ1) is 16.0. The molecule has 1 unspecified atom stereocenters. The van der Waals surface area contributed by atoms with Crippen LogP contribution < -0.4 is 0 Å². The molecule has 2 nitrogen and oxygen atoms in total. The molecule has 0 aliphatic heterocycles. The SMILES string of the molecule is CCCCCCCCCC(O)c1cccc2ncccc12. The second-order valence-corrected chi connectivity index (χ2v) is 5.84. The molecule has 1 heterocycles. The van der Waals surface area contributed by atoms with Gasteiger partial charge in [-0.1, -0.05) is 70.1 Å². The number of aliphatic hydroxyl groups is 1. The minimum absolute atomic E-state index is 0.367. The van der Waals surface area contributed by atoms with Crippen molar-refractivity contribution < 1.29 is 5.11 Å². The summed E-state index contributed by atoms with van der Waals surface area (Å²) < 4.78 is 0. The molecule has 2 rings (SSSR count). The van der Waals surface area contributed by atoms with Gasteiger partial charge in [0.2, 0.25) is 0 Å². The van der Waals surface area contributed by atoms with E-state index in [0.29, 0.717) is 0 Å². The van der Waals surface area contributed by atoms with E-state index in [9.17, 15) is 5.11 Å². The van der Waals surface area contributed by atoms with Crippen LogP contribution in [0.15, 0.2) is 36.5 Å². The Labute approximate surface area is 128 Å². The van der Waals surface area contributed by atoms with E-state index >= 15 is 0 Å². The third-order valence-electron chi connectivity index (χ3n) is 4.12. The minimum Gasteiger partial charge on any atom is -0.388 e. The number of aliphatic hydroxyl groups excluding tert-OH is 1. The predicted molar refractivity (Wildman–Crippen MR) is 89.3 cm³/mol. The smallest absolute Gasteiger partial charge is 0.0796 e. The number of hydrogen-bond acceptors (Lipinski definition) is 2. The molecule has 114 valence electrons. The molecule has 0 fully saturated rings. The Bertz CT molecular complexity index is 533. The van der Waals surface area contributed by atoms with Crippen LogP contribution in [0.1, 0.15) is 70.0 Å². The molecule has 2 heteroatoms. The number of unbranched alkanes of at least 4 members (excludes halogenated alkanes) is 6. The van der Waals surface area contributed by atoms with Crippen molar-refractivity contribution in [3.05, 3.63) is 42.1 Å². The van der Waals surface area contributed by atoms with Crippen LogP contribution in [0.4, 0.5) is 0 Å². The number of benzene rings is 1. The van der Waals surface area contributed by atoms with Crippen molar-refractivity contribution >= 4 is 10.9 Å². The highest BCUT2D eigenvalue weighted by atomic mass is 16.3. The fourth-order valence-electron chi connectivity index (χ4n) is 2.87. The van der Waals surface area contributed by atoms with Gasteiger partial charge in [-0.05, 0) is 24.1 Å². The highest BCUT2D eigenvalue weighted by Gasteiger charge is 2.10. The van der Waals surface area contributed by atoms with Crippen molar-refractivity contribution in [1.82, 2.24) is 4.98 Å². The monoisotopic (exact) mass is 285 g/mol. The van der Waals surface area contributed by atoms with E-state index in [1.807, 2.05) is 30.3 Å². The molecular formula is C19H27NO. The molecule has 0 saturated heterocycles. The average Bonchev–Trinajstić information content (AvgIpc) is 2.53. The maximum atomic E-state index is 10.4. The normalized spacial score (nSPS) is 12.7. The van der Waals surface area contributed by atoms with Crippen molar-refractivity contribution in [2.24, 2.45) is 0 Å². The fourth-order valence-corrected chi connectivity index (χ4v) is 2.87. The molecule has 2 aromatic rings. The van der Waals surface area contributed by atoms with Gasteiger partial charge < -0.3 is 5.11 Å². The van der Waals surface area contributed by atoms with Gasteiger partial charge in [0.05, 0.1) is 11.6 Å². The number of rotatable bonds is 9. The molecule has 1 aromatic carbocycles. The zero-order valence-corrected chi connectivity index (χ0v) is 13.1. The Hall–Kier alpha value is -1.41. The quantitative estimate of drug-likeness (QED) is 0.625. The molecule has 0 radical (unpaired) electrons. The van der Waals surface area contributed by atoms with Crippen LogP contribution in [-0.2, 0) is 0 Å². The predicted octanol–water partition coefficient (Wildman–Crippen LogP) is 5.41. The third kappa shape index (κ3) is 4.82. The molecule has 1 atom stereocenters. The Morgan fingerprint density at radius 3 is 2.52 bits per heavy atom. The van der Waals surface area contributed by atoms with Gasteiger partial charge in [-0.2, -0.15) is 0 Å². The van der Waals surface area contributed by atoms with E-state index in [4.69, 9.17) is 0 Å². The standard InChI is InChI=1S/C19H27NO/c1-2-3-4-5-6-7-8-14-19(21)17-11-9-13-18-16(17)12-10-15-20-18/h9-13,15,19,21H,2-8,14H2,1H3. The molecule has 0 aliphatic carbocycles. The maximum absolute atomic E-state index is 10.4. The number of hydrogen-bond donors (Lipinski definition) is 1.